The zero-order valence-corrected chi connectivity index (χ0v) is 38.6. The number of nitrogens with one attached hydrogen (secondary N) is 2. The first-order valence-corrected chi connectivity index (χ1v) is 23.9. The van der Waals surface area contributed by atoms with Crippen molar-refractivity contribution in [3.05, 3.63) is 80.1 Å². The maximum absolute atomic E-state index is 13.6. The molecule has 1 amide bonds. The van der Waals surface area contributed by atoms with Crippen molar-refractivity contribution in [1.29, 1.82) is 0 Å². The highest BCUT2D eigenvalue weighted by molar-refractivity contribution is 7.19. The van der Waals surface area contributed by atoms with Gasteiger partial charge in [0, 0.05) is 35.3 Å². The van der Waals surface area contributed by atoms with Crippen LogP contribution in [-0.4, -0.2) is 94.8 Å². The van der Waals surface area contributed by atoms with Crippen LogP contribution >= 0.6 is 22.7 Å². The van der Waals surface area contributed by atoms with Gasteiger partial charge < -0.3 is 34.9 Å². The smallest absolute Gasteiger partial charge is 0.309 e. The van der Waals surface area contributed by atoms with E-state index in [1.54, 1.807) is 49.5 Å². The largest absolute Gasteiger partial charge is 0.495 e. The SMILES string of the molecule is CC[C@@]1(C(=O)N2CCOCC2)CCc2c(sc3ncnc(Nc4cc5c(cc4OC)CN=C5)c23)C1.CC[C@@]1(C(=O)O)CCc2c(sc3ncnc(Nc4cc5c(cc4OC)CN=C5)c23)C1. The molecule has 7 heterocycles. The molecule has 1 saturated heterocycles. The highest BCUT2D eigenvalue weighted by atomic mass is 32.1. The molecule has 5 aliphatic rings. The number of fused-ring (bicyclic) bond motifs is 8. The molecule has 65 heavy (non-hydrogen) atoms. The molecule has 17 heteroatoms. The zero-order chi connectivity index (χ0) is 44.9. The van der Waals surface area contributed by atoms with Crippen LogP contribution in [0.1, 0.15) is 82.7 Å². The molecule has 1 fully saturated rings. The lowest BCUT2D eigenvalue weighted by atomic mass is 9.71. The third-order valence-electron chi connectivity index (χ3n) is 14.0. The normalized spacial score (nSPS) is 20.4. The average molecular weight is 914 g/mol. The van der Waals surface area contributed by atoms with Crippen molar-refractivity contribution < 1.29 is 28.9 Å². The number of carboxylic acids is 1. The monoisotopic (exact) mass is 913 g/mol. The number of aliphatic imine (C=N–C) groups is 2. The molecule has 0 unspecified atom stereocenters. The van der Waals surface area contributed by atoms with Gasteiger partial charge in [-0.2, -0.15) is 0 Å². The fourth-order valence-corrected chi connectivity index (χ4v) is 12.7. The Morgan fingerprint density at radius 2 is 1.23 bits per heavy atom. The number of ether oxygens (including phenoxy) is 3. The molecule has 6 aromatic rings. The van der Waals surface area contributed by atoms with Gasteiger partial charge in [-0.05, 0) is 109 Å². The molecule has 4 aromatic heterocycles. The second kappa shape index (κ2) is 17.4. The number of hydrogen-bond acceptors (Lipinski definition) is 15. The lowest BCUT2D eigenvalue weighted by Crippen LogP contribution is -2.50. The van der Waals surface area contributed by atoms with Gasteiger partial charge in [-0.1, -0.05) is 13.8 Å². The van der Waals surface area contributed by atoms with E-state index in [9.17, 15) is 14.7 Å². The van der Waals surface area contributed by atoms with Crippen molar-refractivity contribution >= 4 is 90.4 Å². The summed E-state index contributed by atoms with van der Waals surface area (Å²) in [6.45, 7) is 8.09. The van der Waals surface area contributed by atoms with Gasteiger partial charge in [0.25, 0.3) is 0 Å². The number of thiophene rings is 2. The summed E-state index contributed by atoms with van der Waals surface area (Å²) in [4.78, 5) is 58.7. The van der Waals surface area contributed by atoms with E-state index in [1.807, 2.05) is 42.5 Å². The second-order valence-electron chi connectivity index (χ2n) is 17.3. The summed E-state index contributed by atoms with van der Waals surface area (Å²) in [7, 11) is 3.33. The Balaban J connectivity index is 0.000000155. The minimum atomic E-state index is -0.706. The van der Waals surface area contributed by atoms with Crippen LogP contribution in [0, 0.1) is 10.8 Å². The Hall–Kier alpha value is -6.04. The number of nitrogens with zero attached hydrogens (tertiary/aromatic N) is 7. The van der Waals surface area contributed by atoms with Gasteiger partial charge in [0.2, 0.25) is 5.91 Å². The molecule has 0 radical (unpaired) electrons. The Bertz CT molecular complexity index is 2920. The van der Waals surface area contributed by atoms with E-state index in [2.05, 4.69) is 53.5 Å². The molecular weight excluding hydrogens is 863 g/mol. The van der Waals surface area contributed by atoms with E-state index < -0.39 is 11.4 Å². The standard InChI is InChI=1S/C26H29N5O3S.C22H22N4O3S/c1-3-26(25(32)31-6-8-34-9-7-31)5-4-18-21(12-26)35-24-22(18)23(28-15-29-24)30-19-10-16-13-27-14-17(16)11-20(19)33-2;1-3-22(21(27)28)5-4-14-17(8-22)30-20-18(14)19(24-11-25-20)26-15-6-12-9-23-10-13(12)7-16(15)29-2/h10-11,13,15H,3-9,12,14H2,1-2H3,(H,28,29,30);6-7,9,11H,3-5,8,10H2,1-2H3,(H,27,28)(H,24,25,26)/t26-;22-/m11/s1. The van der Waals surface area contributed by atoms with Gasteiger partial charge in [-0.15, -0.1) is 22.7 Å². The molecule has 0 saturated carbocycles. The molecular formula is C48H51N9O6S2. The summed E-state index contributed by atoms with van der Waals surface area (Å²) in [5.74, 6) is 2.59. The fourth-order valence-electron chi connectivity index (χ4n) is 10.0. The number of carbonyl (C=O) groups excluding carboxylic acids is 1. The first kappa shape index (κ1) is 42.9. The number of aryl methyl sites for hydroxylation is 2. The van der Waals surface area contributed by atoms with Crippen LogP contribution in [0.5, 0.6) is 11.5 Å². The quantitative estimate of drug-likeness (QED) is 0.119. The predicted octanol–water partition coefficient (Wildman–Crippen LogP) is 8.47. The van der Waals surface area contributed by atoms with Crippen LogP contribution in [0.4, 0.5) is 23.0 Å². The lowest BCUT2D eigenvalue weighted by Gasteiger charge is -2.40. The number of carboxylic acid groups (broad SMARTS) is 1. The molecule has 2 aromatic carbocycles. The maximum atomic E-state index is 13.6. The summed E-state index contributed by atoms with van der Waals surface area (Å²) in [5, 5.41) is 18.8. The number of amides is 1. The number of carbonyl (C=O) groups is 2. The van der Waals surface area contributed by atoms with Gasteiger partial charge >= 0.3 is 5.97 Å². The Labute approximate surface area is 384 Å². The fraction of sp³-hybridized carbons (Fsp3) is 0.417. The zero-order valence-electron chi connectivity index (χ0n) is 37.0. The van der Waals surface area contributed by atoms with Crippen LogP contribution < -0.4 is 20.1 Å². The van der Waals surface area contributed by atoms with E-state index in [0.29, 0.717) is 65.1 Å². The van der Waals surface area contributed by atoms with Crippen molar-refractivity contribution in [2.24, 2.45) is 20.8 Å². The van der Waals surface area contributed by atoms with Gasteiger partial charge in [-0.3, -0.25) is 19.6 Å². The maximum Gasteiger partial charge on any atom is 0.309 e. The van der Waals surface area contributed by atoms with Crippen LogP contribution in [0.15, 0.2) is 46.9 Å². The molecule has 15 nitrogen and oxygen atoms in total. The summed E-state index contributed by atoms with van der Waals surface area (Å²) >= 11 is 3.28. The summed E-state index contributed by atoms with van der Waals surface area (Å²) in [6.07, 6.45) is 12.7. The summed E-state index contributed by atoms with van der Waals surface area (Å²) in [6, 6.07) is 8.15. The number of aromatic nitrogens is 4. The number of rotatable bonds is 10. The van der Waals surface area contributed by atoms with Crippen LogP contribution in [-0.2, 0) is 53.1 Å². The lowest BCUT2D eigenvalue weighted by molar-refractivity contribution is -0.150. The van der Waals surface area contributed by atoms with E-state index in [-0.39, 0.29) is 11.3 Å². The van der Waals surface area contributed by atoms with Crippen LogP contribution in [0.25, 0.3) is 20.4 Å². The number of morpholine rings is 1. The third kappa shape index (κ3) is 7.66. The number of benzene rings is 2. The Morgan fingerprint density at radius 1 is 0.738 bits per heavy atom. The van der Waals surface area contributed by atoms with Crippen molar-refractivity contribution in [1.82, 2.24) is 24.8 Å². The summed E-state index contributed by atoms with van der Waals surface area (Å²) < 4.78 is 16.7. The number of methoxy groups -OCH3 is 2. The molecule has 0 spiro atoms. The second-order valence-corrected chi connectivity index (χ2v) is 19.5. The topological polar surface area (TPSA) is 186 Å². The van der Waals surface area contributed by atoms with Crippen LogP contribution in [0.2, 0.25) is 0 Å². The number of hydrogen-bond donors (Lipinski definition) is 3. The first-order chi connectivity index (χ1) is 31.7. The highest BCUT2D eigenvalue weighted by Crippen LogP contribution is 2.49. The highest BCUT2D eigenvalue weighted by Gasteiger charge is 2.44. The van der Waals surface area contributed by atoms with Crippen molar-refractivity contribution in [3.8, 4) is 11.5 Å². The Kier molecular flexibility index (Phi) is 11.5. The predicted molar refractivity (Wildman–Crippen MR) is 255 cm³/mol. The van der Waals surface area contributed by atoms with Gasteiger partial charge in [0.15, 0.2) is 0 Å². The molecule has 2 atom stereocenters. The van der Waals surface area contributed by atoms with Crippen molar-refractivity contribution in [2.75, 3.05) is 51.2 Å². The third-order valence-corrected chi connectivity index (χ3v) is 16.3. The van der Waals surface area contributed by atoms with E-state index in [0.717, 1.165) is 108 Å². The molecule has 11 rings (SSSR count). The number of aliphatic carboxylic acids is 1. The minimum absolute atomic E-state index is 0.278. The Morgan fingerprint density at radius 3 is 1.71 bits per heavy atom. The summed E-state index contributed by atoms with van der Waals surface area (Å²) in [5.41, 5.74) is 7.57. The molecule has 336 valence electrons. The van der Waals surface area contributed by atoms with Crippen molar-refractivity contribution in [3.63, 3.8) is 0 Å². The van der Waals surface area contributed by atoms with Gasteiger partial charge in [0.05, 0.1) is 73.5 Å². The molecule has 2 aliphatic carbocycles. The molecule has 3 aliphatic heterocycles. The van der Waals surface area contributed by atoms with E-state index in [4.69, 9.17) is 14.2 Å². The van der Waals surface area contributed by atoms with E-state index in [1.165, 1.54) is 16.0 Å². The molecule has 3 N–H and O–H groups in total. The van der Waals surface area contributed by atoms with Gasteiger partial charge in [0.1, 0.15) is 45.5 Å². The van der Waals surface area contributed by atoms with Gasteiger partial charge in [-0.25, -0.2) is 19.9 Å². The van der Waals surface area contributed by atoms with E-state index >= 15 is 0 Å². The van der Waals surface area contributed by atoms with Crippen molar-refractivity contribution in [2.45, 2.75) is 78.3 Å². The first-order valence-electron chi connectivity index (χ1n) is 22.2. The molecule has 0 bridgehead atoms. The minimum Gasteiger partial charge on any atom is -0.495 e. The average Bonchev–Trinajstić information content (AvgIpc) is 4.15. The number of anilines is 4. The van der Waals surface area contributed by atoms with Crippen LogP contribution in [0.3, 0.4) is 0 Å².